The molecule has 0 atom stereocenters. The summed E-state index contributed by atoms with van der Waals surface area (Å²) in [6.07, 6.45) is 0. The average Bonchev–Trinajstić information content (AvgIpc) is 2.38. The van der Waals surface area contributed by atoms with E-state index in [0.29, 0.717) is 5.69 Å². The molecule has 1 aromatic heterocycles. The van der Waals surface area contributed by atoms with Crippen molar-refractivity contribution >= 4 is 11.6 Å². The molecule has 0 unspecified atom stereocenters. The molecule has 1 heterocycles. The van der Waals surface area contributed by atoms with Crippen LogP contribution in [0.3, 0.4) is 0 Å². The van der Waals surface area contributed by atoms with Gasteiger partial charge in [-0.1, -0.05) is 39.0 Å². The van der Waals surface area contributed by atoms with Crippen LogP contribution >= 0.6 is 0 Å². The summed E-state index contributed by atoms with van der Waals surface area (Å²) in [5, 5.41) is 10.7. The lowest BCUT2D eigenvalue weighted by Crippen LogP contribution is -2.19. The monoisotopic (exact) mass is 269 g/mol. The number of aryl methyl sites for hydroxylation is 1. The van der Waals surface area contributed by atoms with Crippen LogP contribution in [0.1, 0.15) is 42.5 Å². The molecule has 0 fully saturated rings. The Morgan fingerprint density at radius 3 is 2.35 bits per heavy atom. The van der Waals surface area contributed by atoms with Crippen LogP contribution in [-0.4, -0.2) is 16.1 Å². The SMILES string of the molecule is Cc1ccc(C(=O)Nc2ccccc2C(C)(C)C)nn1. The quantitative estimate of drug-likeness (QED) is 0.909. The first-order chi connectivity index (χ1) is 9.38. The minimum Gasteiger partial charge on any atom is -0.320 e. The molecule has 1 aromatic carbocycles. The molecule has 0 aliphatic rings. The Morgan fingerprint density at radius 2 is 1.75 bits per heavy atom. The third-order valence-corrected chi connectivity index (χ3v) is 3.01. The maximum absolute atomic E-state index is 12.2. The first-order valence-corrected chi connectivity index (χ1v) is 6.59. The number of aromatic nitrogens is 2. The molecule has 104 valence electrons. The molecule has 0 aliphatic carbocycles. The number of carbonyl (C=O) groups is 1. The number of amides is 1. The van der Waals surface area contributed by atoms with Crippen molar-refractivity contribution < 1.29 is 4.79 Å². The smallest absolute Gasteiger partial charge is 0.276 e. The lowest BCUT2D eigenvalue weighted by molar-refractivity contribution is 0.102. The van der Waals surface area contributed by atoms with Gasteiger partial charge in [0.2, 0.25) is 0 Å². The molecule has 4 nitrogen and oxygen atoms in total. The van der Waals surface area contributed by atoms with Gasteiger partial charge in [-0.25, -0.2) is 0 Å². The second kappa shape index (κ2) is 5.41. The van der Waals surface area contributed by atoms with Gasteiger partial charge in [0.1, 0.15) is 0 Å². The van der Waals surface area contributed by atoms with Crippen LogP contribution in [0, 0.1) is 6.92 Å². The van der Waals surface area contributed by atoms with Crippen LogP contribution < -0.4 is 5.32 Å². The molecule has 0 saturated heterocycles. The molecule has 1 amide bonds. The predicted octanol–water partition coefficient (Wildman–Crippen LogP) is 3.33. The number of hydrogen-bond donors (Lipinski definition) is 1. The van der Waals surface area contributed by atoms with E-state index in [0.717, 1.165) is 16.9 Å². The third kappa shape index (κ3) is 3.20. The number of anilines is 1. The van der Waals surface area contributed by atoms with E-state index in [-0.39, 0.29) is 11.3 Å². The van der Waals surface area contributed by atoms with Gasteiger partial charge in [0.15, 0.2) is 5.69 Å². The number of para-hydroxylation sites is 1. The van der Waals surface area contributed by atoms with Crippen molar-refractivity contribution in [3.63, 3.8) is 0 Å². The number of rotatable bonds is 2. The van der Waals surface area contributed by atoms with Crippen LogP contribution in [-0.2, 0) is 5.41 Å². The fourth-order valence-corrected chi connectivity index (χ4v) is 1.95. The largest absolute Gasteiger partial charge is 0.320 e. The standard InChI is InChI=1S/C16H19N3O/c1-11-9-10-14(19-18-11)15(20)17-13-8-6-5-7-12(13)16(2,3)4/h5-10H,1-4H3,(H,17,20). The van der Waals surface area contributed by atoms with E-state index < -0.39 is 0 Å². The van der Waals surface area contributed by atoms with Crippen molar-refractivity contribution in [2.24, 2.45) is 0 Å². The van der Waals surface area contributed by atoms with E-state index in [9.17, 15) is 4.79 Å². The number of benzene rings is 1. The highest BCUT2D eigenvalue weighted by atomic mass is 16.1. The van der Waals surface area contributed by atoms with Crippen molar-refractivity contribution in [3.8, 4) is 0 Å². The van der Waals surface area contributed by atoms with Crippen LogP contribution in [0.15, 0.2) is 36.4 Å². The lowest BCUT2D eigenvalue weighted by Gasteiger charge is -2.22. The molecule has 0 saturated carbocycles. The summed E-state index contributed by atoms with van der Waals surface area (Å²) in [5.74, 6) is -0.241. The summed E-state index contributed by atoms with van der Waals surface area (Å²) in [4.78, 5) is 12.2. The van der Waals surface area contributed by atoms with Crippen LogP contribution in [0.25, 0.3) is 0 Å². The number of hydrogen-bond acceptors (Lipinski definition) is 3. The molecule has 4 heteroatoms. The maximum atomic E-state index is 12.2. The molecular formula is C16H19N3O. The Bertz CT molecular complexity index is 612. The van der Waals surface area contributed by atoms with Gasteiger partial charge in [0.25, 0.3) is 5.91 Å². The van der Waals surface area contributed by atoms with E-state index in [1.54, 1.807) is 12.1 Å². The fourth-order valence-electron chi connectivity index (χ4n) is 1.95. The second-order valence-electron chi connectivity index (χ2n) is 5.81. The maximum Gasteiger partial charge on any atom is 0.276 e. The van der Waals surface area contributed by atoms with Crippen molar-refractivity contribution in [2.75, 3.05) is 5.32 Å². The molecule has 2 aromatic rings. The summed E-state index contributed by atoms with van der Waals surface area (Å²) >= 11 is 0. The predicted molar refractivity (Wildman–Crippen MR) is 79.9 cm³/mol. The van der Waals surface area contributed by atoms with Gasteiger partial charge in [-0.3, -0.25) is 4.79 Å². The van der Waals surface area contributed by atoms with Crippen LogP contribution in [0.2, 0.25) is 0 Å². The Morgan fingerprint density at radius 1 is 1.05 bits per heavy atom. The Hall–Kier alpha value is -2.23. The first kappa shape index (κ1) is 14.2. The second-order valence-corrected chi connectivity index (χ2v) is 5.81. The minimum absolute atomic E-state index is 0.0389. The molecular weight excluding hydrogens is 250 g/mol. The molecule has 0 spiro atoms. The highest BCUT2D eigenvalue weighted by Crippen LogP contribution is 2.29. The zero-order valence-electron chi connectivity index (χ0n) is 12.3. The summed E-state index contributed by atoms with van der Waals surface area (Å²) in [6, 6.07) is 11.3. The first-order valence-electron chi connectivity index (χ1n) is 6.59. The van der Waals surface area contributed by atoms with Crippen LogP contribution in [0.5, 0.6) is 0 Å². The molecule has 20 heavy (non-hydrogen) atoms. The summed E-state index contributed by atoms with van der Waals surface area (Å²) in [6.45, 7) is 8.18. The molecule has 0 radical (unpaired) electrons. The Kier molecular flexibility index (Phi) is 3.84. The Labute approximate surface area is 119 Å². The average molecular weight is 269 g/mol. The van der Waals surface area contributed by atoms with Gasteiger partial charge < -0.3 is 5.32 Å². The van der Waals surface area contributed by atoms with E-state index >= 15 is 0 Å². The highest BCUT2D eigenvalue weighted by molar-refractivity contribution is 6.03. The molecule has 0 bridgehead atoms. The van der Waals surface area contributed by atoms with Gasteiger partial charge in [-0.15, -0.1) is 5.10 Å². The van der Waals surface area contributed by atoms with E-state index in [1.165, 1.54) is 0 Å². The minimum atomic E-state index is -0.241. The van der Waals surface area contributed by atoms with Gasteiger partial charge in [0.05, 0.1) is 5.69 Å². The topological polar surface area (TPSA) is 54.9 Å². The highest BCUT2D eigenvalue weighted by Gasteiger charge is 2.19. The van der Waals surface area contributed by atoms with Gasteiger partial charge in [0, 0.05) is 5.69 Å². The summed E-state index contributed by atoms with van der Waals surface area (Å²) < 4.78 is 0. The van der Waals surface area contributed by atoms with Gasteiger partial charge in [-0.2, -0.15) is 5.10 Å². The zero-order valence-corrected chi connectivity index (χ0v) is 12.3. The normalized spacial score (nSPS) is 11.2. The van der Waals surface area contributed by atoms with Crippen molar-refractivity contribution in [3.05, 3.63) is 53.3 Å². The number of nitrogens with one attached hydrogen (secondary N) is 1. The van der Waals surface area contributed by atoms with Crippen LogP contribution in [0.4, 0.5) is 5.69 Å². The lowest BCUT2D eigenvalue weighted by atomic mass is 9.86. The number of nitrogens with zero attached hydrogens (tertiary/aromatic N) is 2. The van der Waals surface area contributed by atoms with Gasteiger partial charge in [-0.05, 0) is 36.1 Å². The van der Waals surface area contributed by atoms with Crippen molar-refractivity contribution in [1.29, 1.82) is 0 Å². The van der Waals surface area contributed by atoms with E-state index in [2.05, 4.69) is 36.3 Å². The Balaban J connectivity index is 2.26. The number of carbonyl (C=O) groups excluding carboxylic acids is 1. The molecule has 0 aliphatic heterocycles. The van der Waals surface area contributed by atoms with E-state index in [1.807, 2.05) is 31.2 Å². The molecule has 1 N–H and O–H groups in total. The van der Waals surface area contributed by atoms with E-state index in [4.69, 9.17) is 0 Å². The molecule has 2 rings (SSSR count). The summed E-state index contributed by atoms with van der Waals surface area (Å²) in [5.41, 5.74) is 2.97. The zero-order chi connectivity index (χ0) is 14.8. The van der Waals surface area contributed by atoms with Crippen molar-refractivity contribution in [1.82, 2.24) is 10.2 Å². The fraction of sp³-hybridized carbons (Fsp3) is 0.312. The summed E-state index contributed by atoms with van der Waals surface area (Å²) in [7, 11) is 0. The van der Waals surface area contributed by atoms with Crippen molar-refractivity contribution in [2.45, 2.75) is 33.1 Å². The van der Waals surface area contributed by atoms with Gasteiger partial charge >= 0.3 is 0 Å². The third-order valence-electron chi connectivity index (χ3n) is 3.01.